The van der Waals surface area contributed by atoms with Gasteiger partial charge in [-0.25, -0.2) is 4.98 Å². The van der Waals surface area contributed by atoms with Crippen LogP contribution in [0.5, 0.6) is 0 Å². The van der Waals surface area contributed by atoms with Crippen molar-refractivity contribution < 1.29 is 4.42 Å². The number of nitrogens with one attached hydrogen (secondary N) is 3. The molecule has 9 nitrogen and oxygen atoms in total. The van der Waals surface area contributed by atoms with Gasteiger partial charge in [-0.1, -0.05) is 13.8 Å². The Hall–Kier alpha value is -2.94. The van der Waals surface area contributed by atoms with E-state index in [-0.39, 0.29) is 0 Å². The van der Waals surface area contributed by atoms with Crippen LogP contribution in [-0.2, 0) is 0 Å². The van der Waals surface area contributed by atoms with Crippen molar-refractivity contribution in [2.24, 2.45) is 23.2 Å². The van der Waals surface area contributed by atoms with Gasteiger partial charge in [-0.05, 0) is 54.6 Å². The second kappa shape index (κ2) is 8.13. The van der Waals surface area contributed by atoms with E-state index in [1.54, 1.807) is 0 Å². The monoisotopic (exact) mass is 448 g/mol. The number of piperazine rings is 1. The molecule has 7 rings (SSSR count). The van der Waals surface area contributed by atoms with E-state index in [0.717, 1.165) is 61.3 Å². The van der Waals surface area contributed by atoms with Crippen LogP contribution in [0, 0.1) is 23.2 Å². The van der Waals surface area contributed by atoms with Gasteiger partial charge < -0.3 is 25.3 Å². The number of nitrogens with zero attached hydrogens (tertiary/aromatic N) is 5. The van der Waals surface area contributed by atoms with Gasteiger partial charge in [0.05, 0.1) is 0 Å². The first kappa shape index (κ1) is 20.7. The Morgan fingerprint density at radius 3 is 2.79 bits per heavy atom. The topological polar surface area (TPSA) is 104 Å². The summed E-state index contributed by atoms with van der Waals surface area (Å²) in [5, 5.41) is 10.3. The van der Waals surface area contributed by atoms with Gasteiger partial charge in [-0.3, -0.25) is 0 Å². The molecule has 3 unspecified atom stereocenters. The summed E-state index contributed by atoms with van der Waals surface area (Å²) >= 11 is 0. The zero-order valence-corrected chi connectivity index (χ0v) is 19.3. The molecule has 2 bridgehead atoms. The van der Waals surface area contributed by atoms with Crippen LogP contribution in [0.2, 0.25) is 0 Å². The lowest BCUT2D eigenvalue weighted by atomic mass is 9.45. The molecule has 3 aliphatic carbocycles. The van der Waals surface area contributed by atoms with Crippen molar-refractivity contribution in [3.05, 3.63) is 24.6 Å². The average Bonchev–Trinajstić information content (AvgIpc) is 3.31. The molecule has 4 aliphatic rings. The third kappa shape index (κ3) is 3.88. The van der Waals surface area contributed by atoms with Gasteiger partial charge in [0.2, 0.25) is 17.8 Å². The number of hydrogen-bond donors (Lipinski definition) is 3. The van der Waals surface area contributed by atoms with Gasteiger partial charge in [0.15, 0.2) is 12.0 Å². The zero-order valence-electron chi connectivity index (χ0n) is 19.3. The van der Waals surface area contributed by atoms with Crippen LogP contribution in [0.1, 0.15) is 33.1 Å². The summed E-state index contributed by atoms with van der Waals surface area (Å²) < 4.78 is 5.44. The van der Waals surface area contributed by atoms with Crippen molar-refractivity contribution in [1.29, 1.82) is 0 Å². The number of fused-ring (bicyclic) bond motifs is 3. The lowest BCUT2D eigenvalue weighted by Crippen LogP contribution is -2.53. The molecule has 1 saturated heterocycles. The normalized spacial score (nSPS) is 26.1. The fraction of sp³-hybridized carbons (Fsp3) is 0.583. The SMILES string of the molecule is CC1(C)C2CCC(CNc3nc(Nc4ccc5ncoc5c4)nc(N4CCNCC4)n3)C1C2. The first-order chi connectivity index (χ1) is 16.1. The standard InChI is InChI=1S/C24H32N8O/c1-24(2)16-4-3-15(18(24)11-16)13-26-21-29-22(31-23(30-21)32-9-7-25-8-10-32)28-17-5-6-19-20(12-17)33-14-27-19/h5-6,12,14-16,18,25H,3-4,7-11,13H2,1-2H3,(H2,26,28,29,30,31). The first-order valence-corrected chi connectivity index (χ1v) is 12.1. The lowest BCUT2D eigenvalue weighted by Gasteiger charge is -2.60. The van der Waals surface area contributed by atoms with Crippen LogP contribution in [0.15, 0.2) is 29.0 Å². The summed E-state index contributed by atoms with van der Waals surface area (Å²) in [6.07, 6.45) is 5.47. The number of aromatic nitrogens is 4. The largest absolute Gasteiger partial charge is 0.443 e. The summed E-state index contributed by atoms with van der Waals surface area (Å²) in [5.41, 5.74) is 2.89. The molecule has 0 spiro atoms. The van der Waals surface area contributed by atoms with E-state index in [4.69, 9.17) is 19.4 Å². The van der Waals surface area contributed by atoms with Gasteiger partial charge in [0, 0.05) is 44.5 Å². The van der Waals surface area contributed by atoms with E-state index < -0.39 is 0 Å². The maximum absolute atomic E-state index is 5.44. The molecule has 4 fully saturated rings. The molecule has 2 aromatic heterocycles. The van der Waals surface area contributed by atoms with Crippen molar-refractivity contribution in [3.8, 4) is 0 Å². The summed E-state index contributed by atoms with van der Waals surface area (Å²) in [7, 11) is 0. The van der Waals surface area contributed by atoms with E-state index in [2.05, 4.69) is 39.7 Å². The molecule has 33 heavy (non-hydrogen) atoms. The van der Waals surface area contributed by atoms with Gasteiger partial charge in [-0.2, -0.15) is 15.0 Å². The van der Waals surface area contributed by atoms with Gasteiger partial charge in [0.25, 0.3) is 0 Å². The summed E-state index contributed by atoms with van der Waals surface area (Å²) in [6.45, 7) is 9.42. The lowest BCUT2D eigenvalue weighted by molar-refractivity contribution is -0.100. The van der Waals surface area contributed by atoms with Crippen molar-refractivity contribution in [2.75, 3.05) is 48.3 Å². The van der Waals surface area contributed by atoms with Crippen LogP contribution in [0.4, 0.5) is 23.5 Å². The van der Waals surface area contributed by atoms with E-state index in [1.807, 2.05) is 18.2 Å². The third-order valence-corrected chi connectivity index (χ3v) is 8.13. The van der Waals surface area contributed by atoms with Crippen LogP contribution < -0.4 is 20.9 Å². The van der Waals surface area contributed by atoms with Crippen LogP contribution in [0.3, 0.4) is 0 Å². The summed E-state index contributed by atoms with van der Waals surface area (Å²) in [6, 6.07) is 5.81. The Labute approximate surface area is 193 Å². The zero-order chi connectivity index (χ0) is 22.4. The predicted octanol–water partition coefficient (Wildman–Crippen LogP) is 3.65. The Morgan fingerprint density at radius 1 is 1.12 bits per heavy atom. The van der Waals surface area contributed by atoms with E-state index >= 15 is 0 Å². The minimum Gasteiger partial charge on any atom is -0.443 e. The quantitative estimate of drug-likeness (QED) is 0.521. The maximum Gasteiger partial charge on any atom is 0.233 e. The van der Waals surface area contributed by atoms with Crippen LogP contribution >= 0.6 is 0 Å². The highest BCUT2D eigenvalue weighted by Crippen LogP contribution is 2.61. The molecule has 9 heteroatoms. The Kier molecular flexibility index (Phi) is 5.09. The van der Waals surface area contributed by atoms with Crippen molar-refractivity contribution in [3.63, 3.8) is 0 Å². The number of benzene rings is 1. The van der Waals surface area contributed by atoms with Crippen molar-refractivity contribution >= 4 is 34.6 Å². The summed E-state index contributed by atoms with van der Waals surface area (Å²) in [5.74, 6) is 4.27. The molecule has 174 valence electrons. The highest BCUT2D eigenvalue weighted by molar-refractivity contribution is 5.77. The fourth-order valence-corrected chi connectivity index (χ4v) is 6.00. The molecule has 3 saturated carbocycles. The minimum atomic E-state index is 0.474. The second-order valence-corrected chi connectivity index (χ2v) is 10.3. The molecule has 3 heterocycles. The molecule has 0 amide bonds. The van der Waals surface area contributed by atoms with Crippen LogP contribution in [-0.4, -0.2) is 52.7 Å². The van der Waals surface area contributed by atoms with E-state index in [9.17, 15) is 0 Å². The number of hydrogen-bond acceptors (Lipinski definition) is 9. The molecule has 3 N–H and O–H groups in total. The fourth-order valence-electron chi connectivity index (χ4n) is 6.00. The van der Waals surface area contributed by atoms with Gasteiger partial charge >= 0.3 is 0 Å². The second-order valence-electron chi connectivity index (χ2n) is 10.3. The molecular weight excluding hydrogens is 416 g/mol. The average molecular weight is 449 g/mol. The number of anilines is 4. The van der Waals surface area contributed by atoms with Gasteiger partial charge in [0.1, 0.15) is 5.52 Å². The van der Waals surface area contributed by atoms with E-state index in [0.29, 0.717) is 29.2 Å². The van der Waals surface area contributed by atoms with Crippen LogP contribution in [0.25, 0.3) is 11.1 Å². The third-order valence-electron chi connectivity index (χ3n) is 8.13. The molecule has 0 radical (unpaired) electrons. The van der Waals surface area contributed by atoms with Crippen molar-refractivity contribution in [2.45, 2.75) is 33.1 Å². The Morgan fingerprint density at radius 2 is 1.97 bits per heavy atom. The maximum atomic E-state index is 5.44. The highest BCUT2D eigenvalue weighted by Gasteiger charge is 2.53. The molecule has 3 aromatic rings. The minimum absolute atomic E-state index is 0.474. The van der Waals surface area contributed by atoms with E-state index in [1.165, 1.54) is 25.7 Å². The Balaban J connectivity index is 1.23. The molecular formula is C24H32N8O. The number of rotatable bonds is 6. The highest BCUT2D eigenvalue weighted by atomic mass is 16.3. The van der Waals surface area contributed by atoms with Gasteiger partial charge in [-0.15, -0.1) is 0 Å². The molecule has 1 aromatic carbocycles. The van der Waals surface area contributed by atoms with Crippen molar-refractivity contribution in [1.82, 2.24) is 25.3 Å². The summed E-state index contributed by atoms with van der Waals surface area (Å²) in [4.78, 5) is 20.7. The Bertz CT molecular complexity index is 1140. The smallest absolute Gasteiger partial charge is 0.233 e. The number of oxazole rings is 1. The first-order valence-electron chi connectivity index (χ1n) is 12.1. The molecule has 1 aliphatic heterocycles. The molecule has 3 atom stereocenters. The predicted molar refractivity (Wildman–Crippen MR) is 129 cm³/mol.